The molecule has 0 bridgehead atoms. The lowest BCUT2D eigenvalue weighted by Gasteiger charge is -2.35. The molecule has 0 aliphatic heterocycles. The monoisotopic (exact) mass is 354 g/mol. The maximum Gasteiger partial charge on any atom is 0.312 e. The van der Waals surface area contributed by atoms with Gasteiger partial charge in [-0.05, 0) is 49.3 Å². The second-order valence-corrected chi connectivity index (χ2v) is 6.97. The van der Waals surface area contributed by atoms with Crippen molar-refractivity contribution in [2.24, 2.45) is 17.8 Å². The summed E-state index contributed by atoms with van der Waals surface area (Å²) < 4.78 is 31.9. The van der Waals surface area contributed by atoms with E-state index in [-0.39, 0.29) is 18.1 Å². The minimum atomic E-state index is -1.19. The summed E-state index contributed by atoms with van der Waals surface area (Å²) in [7, 11) is 0. The third-order valence-corrected chi connectivity index (χ3v) is 5.28. The summed E-state index contributed by atoms with van der Waals surface area (Å²) in [4.78, 5) is 12.5. The molecule has 1 fully saturated rings. The summed E-state index contributed by atoms with van der Waals surface area (Å²) >= 11 is 0. The first-order valence-electron chi connectivity index (χ1n) is 9.27. The van der Waals surface area contributed by atoms with Crippen LogP contribution < -0.4 is 0 Å². The first-order valence-corrected chi connectivity index (χ1v) is 9.27. The molecule has 2 atom stereocenters. The van der Waals surface area contributed by atoms with Crippen molar-refractivity contribution in [2.75, 3.05) is 6.61 Å². The largest absolute Gasteiger partial charge is 0.466 e. The van der Waals surface area contributed by atoms with Crippen LogP contribution in [-0.4, -0.2) is 17.7 Å². The predicted molar refractivity (Wildman–Crippen MR) is 91.8 cm³/mol. The highest BCUT2D eigenvalue weighted by molar-refractivity contribution is 5.73. The van der Waals surface area contributed by atoms with E-state index >= 15 is 0 Å². The number of carbonyl (C=O) groups is 1. The fourth-order valence-electron chi connectivity index (χ4n) is 3.97. The molecule has 5 heteroatoms. The number of halogens is 2. The van der Waals surface area contributed by atoms with Gasteiger partial charge in [0.05, 0.1) is 18.6 Å². The standard InChI is InChI=1S/C20H28F2O3/c1-3-5-13-6-8-14(9-7-13)18(20(24)25-4-2)19(23)15-10-11-16(21)17(22)12-15/h10-14,18-19,23H,3-9H2,1-2H3. The molecular weight excluding hydrogens is 326 g/mol. The quantitative estimate of drug-likeness (QED) is 0.717. The molecule has 140 valence electrons. The Labute approximate surface area is 148 Å². The number of ether oxygens (including phenoxy) is 1. The Balaban J connectivity index is 2.17. The molecule has 1 aliphatic carbocycles. The van der Waals surface area contributed by atoms with E-state index in [2.05, 4.69) is 6.92 Å². The van der Waals surface area contributed by atoms with E-state index in [1.54, 1.807) is 6.92 Å². The molecule has 0 spiro atoms. The number of aliphatic hydroxyl groups excluding tert-OH is 1. The highest BCUT2D eigenvalue weighted by Gasteiger charge is 2.38. The van der Waals surface area contributed by atoms with Crippen molar-refractivity contribution < 1.29 is 23.4 Å². The Bertz CT molecular complexity index is 568. The van der Waals surface area contributed by atoms with Gasteiger partial charge in [-0.25, -0.2) is 8.78 Å². The Morgan fingerprint density at radius 1 is 1.20 bits per heavy atom. The third kappa shape index (κ3) is 5.00. The van der Waals surface area contributed by atoms with Crippen LogP contribution in [0.25, 0.3) is 0 Å². The van der Waals surface area contributed by atoms with Gasteiger partial charge in [0, 0.05) is 0 Å². The second kappa shape index (κ2) is 9.27. The lowest BCUT2D eigenvalue weighted by atomic mass is 9.72. The molecule has 0 saturated heterocycles. The minimum absolute atomic E-state index is 0.00438. The van der Waals surface area contributed by atoms with Crippen molar-refractivity contribution in [1.29, 1.82) is 0 Å². The van der Waals surface area contributed by atoms with Crippen molar-refractivity contribution in [2.45, 2.75) is 58.5 Å². The van der Waals surface area contributed by atoms with Crippen LogP contribution >= 0.6 is 0 Å². The topological polar surface area (TPSA) is 46.5 Å². The maximum absolute atomic E-state index is 13.5. The first-order chi connectivity index (χ1) is 12.0. The number of esters is 1. The van der Waals surface area contributed by atoms with E-state index in [1.807, 2.05) is 0 Å². The van der Waals surface area contributed by atoms with Gasteiger partial charge >= 0.3 is 5.97 Å². The van der Waals surface area contributed by atoms with Crippen LogP contribution in [0, 0.1) is 29.4 Å². The molecule has 2 rings (SSSR count). The number of aliphatic hydroxyl groups is 1. The SMILES string of the molecule is CCCC1CCC(C(C(=O)OCC)C(O)c2ccc(F)c(F)c2)CC1. The summed E-state index contributed by atoms with van der Waals surface area (Å²) in [6, 6.07) is 3.28. The van der Waals surface area contributed by atoms with Gasteiger partial charge in [0.2, 0.25) is 0 Å². The number of hydrogen-bond donors (Lipinski definition) is 1. The van der Waals surface area contributed by atoms with Crippen LogP contribution in [0.4, 0.5) is 8.78 Å². The molecule has 1 aliphatic rings. The molecule has 1 aromatic rings. The normalized spacial score (nSPS) is 23.1. The molecule has 0 heterocycles. The zero-order valence-corrected chi connectivity index (χ0v) is 15.0. The van der Waals surface area contributed by atoms with E-state index in [0.717, 1.165) is 44.2 Å². The highest BCUT2D eigenvalue weighted by atomic mass is 19.2. The lowest BCUT2D eigenvalue weighted by Crippen LogP contribution is -2.34. The van der Waals surface area contributed by atoms with Gasteiger partial charge in [0.1, 0.15) is 0 Å². The summed E-state index contributed by atoms with van der Waals surface area (Å²) in [5, 5.41) is 10.7. The Morgan fingerprint density at radius 2 is 1.88 bits per heavy atom. The van der Waals surface area contributed by atoms with E-state index in [9.17, 15) is 18.7 Å². The Morgan fingerprint density at radius 3 is 2.44 bits per heavy atom. The van der Waals surface area contributed by atoms with Gasteiger partial charge in [-0.2, -0.15) is 0 Å². The van der Waals surface area contributed by atoms with Crippen LogP contribution in [0.2, 0.25) is 0 Å². The fraction of sp³-hybridized carbons (Fsp3) is 0.650. The van der Waals surface area contributed by atoms with Crippen LogP contribution in [0.1, 0.15) is 64.0 Å². The molecule has 25 heavy (non-hydrogen) atoms. The van der Waals surface area contributed by atoms with Gasteiger partial charge in [-0.3, -0.25) is 4.79 Å². The summed E-state index contributed by atoms with van der Waals surface area (Å²) in [6.45, 7) is 4.11. The maximum atomic E-state index is 13.5. The summed E-state index contributed by atoms with van der Waals surface area (Å²) in [6.07, 6.45) is 4.87. The summed E-state index contributed by atoms with van der Waals surface area (Å²) in [5.41, 5.74) is 0.215. The zero-order valence-electron chi connectivity index (χ0n) is 15.0. The molecular formula is C20H28F2O3. The molecule has 0 radical (unpaired) electrons. The average molecular weight is 354 g/mol. The average Bonchev–Trinajstić information content (AvgIpc) is 2.59. The van der Waals surface area contributed by atoms with Crippen molar-refractivity contribution in [3.05, 3.63) is 35.4 Å². The van der Waals surface area contributed by atoms with Crippen LogP contribution in [0.15, 0.2) is 18.2 Å². The lowest BCUT2D eigenvalue weighted by molar-refractivity contribution is -0.156. The van der Waals surface area contributed by atoms with E-state index in [0.29, 0.717) is 5.92 Å². The van der Waals surface area contributed by atoms with Crippen LogP contribution in [0.3, 0.4) is 0 Å². The van der Waals surface area contributed by atoms with Gasteiger partial charge < -0.3 is 9.84 Å². The first kappa shape index (κ1) is 19.8. The van der Waals surface area contributed by atoms with Crippen LogP contribution in [0.5, 0.6) is 0 Å². The third-order valence-electron chi connectivity index (χ3n) is 5.28. The molecule has 0 amide bonds. The molecule has 1 N–H and O–H groups in total. The molecule has 1 saturated carbocycles. The van der Waals surface area contributed by atoms with Crippen LogP contribution in [-0.2, 0) is 9.53 Å². The summed E-state index contributed by atoms with van der Waals surface area (Å²) in [5.74, 6) is -2.53. The van der Waals surface area contributed by atoms with Gasteiger partial charge in [-0.1, -0.05) is 38.7 Å². The van der Waals surface area contributed by atoms with Crippen molar-refractivity contribution >= 4 is 5.97 Å². The van der Waals surface area contributed by atoms with Gasteiger partial charge in [-0.15, -0.1) is 0 Å². The molecule has 1 aromatic carbocycles. The Hall–Kier alpha value is -1.49. The fourth-order valence-corrected chi connectivity index (χ4v) is 3.97. The van der Waals surface area contributed by atoms with Crippen molar-refractivity contribution in [1.82, 2.24) is 0 Å². The smallest absolute Gasteiger partial charge is 0.312 e. The number of rotatable bonds is 7. The van der Waals surface area contributed by atoms with Crippen molar-refractivity contribution in [3.8, 4) is 0 Å². The van der Waals surface area contributed by atoms with Gasteiger partial charge in [0.25, 0.3) is 0 Å². The number of hydrogen-bond acceptors (Lipinski definition) is 3. The predicted octanol–water partition coefficient (Wildman–Crippen LogP) is 4.78. The van der Waals surface area contributed by atoms with Gasteiger partial charge in [0.15, 0.2) is 11.6 Å². The van der Waals surface area contributed by atoms with E-state index in [4.69, 9.17) is 4.74 Å². The highest BCUT2D eigenvalue weighted by Crippen LogP contribution is 2.41. The molecule has 2 unspecified atom stereocenters. The molecule has 0 aromatic heterocycles. The molecule has 3 nitrogen and oxygen atoms in total. The number of carbonyl (C=O) groups excluding carboxylic acids is 1. The van der Waals surface area contributed by atoms with E-state index < -0.39 is 29.6 Å². The van der Waals surface area contributed by atoms with E-state index in [1.165, 1.54) is 12.5 Å². The number of benzene rings is 1. The zero-order chi connectivity index (χ0) is 18.4. The second-order valence-electron chi connectivity index (χ2n) is 6.97. The Kier molecular flexibility index (Phi) is 7.36. The minimum Gasteiger partial charge on any atom is -0.466 e. The van der Waals surface area contributed by atoms with Crippen molar-refractivity contribution in [3.63, 3.8) is 0 Å².